The van der Waals surface area contributed by atoms with Gasteiger partial charge in [0.05, 0.1) is 5.69 Å². The summed E-state index contributed by atoms with van der Waals surface area (Å²) in [7, 11) is 0. The minimum absolute atomic E-state index is 0.855. The summed E-state index contributed by atoms with van der Waals surface area (Å²) in [5, 5.41) is 13.2. The summed E-state index contributed by atoms with van der Waals surface area (Å²) in [5.41, 5.74) is 1.82. The number of fused-ring (bicyclic) bond motifs is 1. The van der Waals surface area contributed by atoms with Gasteiger partial charge in [0.25, 0.3) is 0 Å². The Labute approximate surface area is 99.7 Å². The number of benzene rings is 1. The number of para-hydroxylation sites is 1. The average molecular weight is 232 g/mol. The van der Waals surface area contributed by atoms with E-state index in [-0.39, 0.29) is 0 Å². The van der Waals surface area contributed by atoms with Crippen molar-refractivity contribution in [2.45, 2.75) is 26.3 Å². The Balaban J connectivity index is 2.49. The van der Waals surface area contributed by atoms with Crippen molar-refractivity contribution in [3.8, 4) is 0 Å². The number of rotatable bonds is 3. The van der Waals surface area contributed by atoms with Gasteiger partial charge in [-0.15, -0.1) is 0 Å². The second kappa shape index (κ2) is 3.80. The molecule has 0 aliphatic carbocycles. The van der Waals surface area contributed by atoms with Crippen molar-refractivity contribution in [2.24, 2.45) is 0 Å². The summed E-state index contributed by atoms with van der Waals surface area (Å²) in [6, 6.07) is 7.83. The lowest BCUT2D eigenvalue weighted by Crippen LogP contribution is -2.40. The molecule has 0 atom stereocenters. The topological polar surface area (TPSA) is 65.1 Å². The number of aryl methyl sites for hydroxylation is 1. The maximum absolute atomic E-state index is 11.1. The van der Waals surface area contributed by atoms with Gasteiger partial charge in [-0.2, -0.15) is 0 Å². The molecule has 0 unspecified atom stereocenters. The van der Waals surface area contributed by atoms with E-state index < -0.39 is 11.5 Å². The number of H-pyrrole nitrogens is 1. The molecule has 0 bridgehead atoms. The number of hydrogen-bond acceptors (Lipinski definition) is 2. The van der Waals surface area contributed by atoms with Gasteiger partial charge >= 0.3 is 5.97 Å². The number of aliphatic carboxylic acids is 1. The Hall–Kier alpha value is -1.97. The van der Waals surface area contributed by atoms with Crippen LogP contribution in [0.4, 0.5) is 5.69 Å². The molecule has 0 radical (unpaired) electrons. The molecule has 0 spiro atoms. The van der Waals surface area contributed by atoms with E-state index in [1.54, 1.807) is 13.8 Å². The molecule has 1 heterocycles. The van der Waals surface area contributed by atoms with E-state index in [4.69, 9.17) is 5.11 Å². The van der Waals surface area contributed by atoms with Gasteiger partial charge in [-0.1, -0.05) is 18.2 Å². The van der Waals surface area contributed by atoms with Crippen LogP contribution >= 0.6 is 0 Å². The first-order chi connectivity index (χ1) is 7.92. The summed E-state index contributed by atoms with van der Waals surface area (Å²) in [5.74, 6) is -0.873. The van der Waals surface area contributed by atoms with Crippen LogP contribution in [0.5, 0.6) is 0 Å². The van der Waals surface area contributed by atoms with Crippen molar-refractivity contribution in [1.82, 2.24) is 4.98 Å². The van der Waals surface area contributed by atoms with Crippen molar-refractivity contribution in [2.75, 3.05) is 5.32 Å². The predicted molar refractivity (Wildman–Crippen MR) is 68.4 cm³/mol. The Morgan fingerprint density at radius 3 is 2.65 bits per heavy atom. The first-order valence-corrected chi connectivity index (χ1v) is 5.51. The van der Waals surface area contributed by atoms with E-state index in [9.17, 15) is 4.79 Å². The largest absolute Gasteiger partial charge is 0.480 e. The van der Waals surface area contributed by atoms with E-state index in [0.29, 0.717) is 0 Å². The first kappa shape index (κ1) is 11.5. The second-order valence-corrected chi connectivity index (χ2v) is 4.73. The van der Waals surface area contributed by atoms with Crippen LogP contribution in [0, 0.1) is 6.92 Å². The zero-order valence-electron chi connectivity index (χ0n) is 10.2. The SMILES string of the molecule is Cc1[nH]c2ccccc2c1NC(C)(C)C(=O)O. The molecule has 2 rings (SSSR count). The smallest absolute Gasteiger partial charge is 0.328 e. The van der Waals surface area contributed by atoms with E-state index in [1.165, 1.54) is 0 Å². The molecule has 1 aromatic heterocycles. The van der Waals surface area contributed by atoms with Crippen LogP contribution in [0.2, 0.25) is 0 Å². The monoisotopic (exact) mass is 232 g/mol. The summed E-state index contributed by atoms with van der Waals surface area (Å²) < 4.78 is 0. The first-order valence-electron chi connectivity index (χ1n) is 5.51. The number of aromatic nitrogens is 1. The van der Waals surface area contributed by atoms with Crippen molar-refractivity contribution in [3.63, 3.8) is 0 Å². The Morgan fingerprint density at radius 1 is 1.35 bits per heavy atom. The van der Waals surface area contributed by atoms with Gasteiger partial charge in [-0.25, -0.2) is 4.79 Å². The lowest BCUT2D eigenvalue weighted by Gasteiger charge is -2.22. The van der Waals surface area contributed by atoms with Crippen LogP contribution in [-0.4, -0.2) is 21.6 Å². The highest BCUT2D eigenvalue weighted by Gasteiger charge is 2.28. The van der Waals surface area contributed by atoms with Gasteiger partial charge in [-0.05, 0) is 26.8 Å². The molecule has 2 aromatic rings. The predicted octanol–water partition coefficient (Wildman–Crippen LogP) is 2.75. The van der Waals surface area contributed by atoms with Crippen LogP contribution in [0.3, 0.4) is 0 Å². The Morgan fingerprint density at radius 2 is 2.00 bits per heavy atom. The Kier molecular flexibility index (Phi) is 2.58. The molecule has 3 N–H and O–H groups in total. The van der Waals surface area contributed by atoms with Crippen LogP contribution in [-0.2, 0) is 4.79 Å². The van der Waals surface area contributed by atoms with Gasteiger partial charge < -0.3 is 15.4 Å². The zero-order chi connectivity index (χ0) is 12.6. The van der Waals surface area contributed by atoms with Gasteiger partial charge in [0.2, 0.25) is 0 Å². The van der Waals surface area contributed by atoms with E-state index in [2.05, 4.69) is 10.3 Å². The maximum atomic E-state index is 11.1. The third kappa shape index (κ3) is 1.98. The third-order valence-electron chi connectivity index (χ3n) is 2.87. The number of nitrogens with one attached hydrogen (secondary N) is 2. The van der Waals surface area contributed by atoms with Gasteiger partial charge in [0.1, 0.15) is 5.54 Å². The third-order valence-corrected chi connectivity index (χ3v) is 2.87. The fourth-order valence-electron chi connectivity index (χ4n) is 1.80. The van der Waals surface area contributed by atoms with Gasteiger partial charge in [0, 0.05) is 16.6 Å². The minimum Gasteiger partial charge on any atom is -0.480 e. The number of carboxylic acids is 1. The summed E-state index contributed by atoms with van der Waals surface area (Å²) >= 11 is 0. The number of anilines is 1. The summed E-state index contributed by atoms with van der Waals surface area (Å²) in [4.78, 5) is 14.4. The molecule has 0 saturated heterocycles. The fraction of sp³-hybridized carbons (Fsp3) is 0.308. The lowest BCUT2D eigenvalue weighted by atomic mass is 10.1. The fourth-order valence-corrected chi connectivity index (χ4v) is 1.80. The molecule has 1 aromatic carbocycles. The van der Waals surface area contributed by atoms with E-state index >= 15 is 0 Å². The van der Waals surface area contributed by atoms with E-state index in [1.807, 2.05) is 31.2 Å². The van der Waals surface area contributed by atoms with Crippen LogP contribution in [0.25, 0.3) is 10.9 Å². The average Bonchev–Trinajstić information content (AvgIpc) is 2.55. The number of carbonyl (C=O) groups is 1. The molecular weight excluding hydrogens is 216 g/mol. The second-order valence-electron chi connectivity index (χ2n) is 4.73. The normalized spacial score (nSPS) is 11.7. The van der Waals surface area contributed by atoms with Crippen molar-refractivity contribution >= 4 is 22.6 Å². The van der Waals surface area contributed by atoms with Crippen molar-refractivity contribution < 1.29 is 9.90 Å². The molecule has 0 saturated carbocycles. The molecule has 17 heavy (non-hydrogen) atoms. The summed E-state index contributed by atoms with van der Waals surface area (Å²) in [6.45, 7) is 5.23. The van der Waals surface area contributed by atoms with Crippen molar-refractivity contribution in [1.29, 1.82) is 0 Å². The molecule has 4 heteroatoms. The van der Waals surface area contributed by atoms with Crippen molar-refractivity contribution in [3.05, 3.63) is 30.0 Å². The zero-order valence-corrected chi connectivity index (χ0v) is 10.2. The molecule has 0 amide bonds. The highest BCUT2D eigenvalue weighted by molar-refractivity contribution is 5.96. The molecular formula is C13H16N2O2. The van der Waals surface area contributed by atoms with E-state index in [0.717, 1.165) is 22.3 Å². The summed E-state index contributed by atoms with van der Waals surface area (Å²) in [6.07, 6.45) is 0. The van der Waals surface area contributed by atoms with Crippen LogP contribution in [0.15, 0.2) is 24.3 Å². The van der Waals surface area contributed by atoms with Gasteiger partial charge in [-0.3, -0.25) is 0 Å². The standard InChI is InChI=1S/C13H16N2O2/c1-8-11(15-13(2,3)12(16)17)9-6-4-5-7-10(9)14-8/h4-7,14-15H,1-3H3,(H,16,17). The lowest BCUT2D eigenvalue weighted by molar-refractivity contribution is -0.141. The maximum Gasteiger partial charge on any atom is 0.328 e. The van der Waals surface area contributed by atoms with Crippen LogP contribution in [0.1, 0.15) is 19.5 Å². The number of hydrogen-bond donors (Lipinski definition) is 3. The molecule has 90 valence electrons. The number of aromatic amines is 1. The quantitative estimate of drug-likeness (QED) is 0.762. The number of carboxylic acid groups (broad SMARTS) is 1. The molecule has 0 aliphatic rings. The minimum atomic E-state index is -0.990. The molecule has 0 fully saturated rings. The Bertz CT molecular complexity index is 570. The molecule has 4 nitrogen and oxygen atoms in total. The van der Waals surface area contributed by atoms with Crippen LogP contribution < -0.4 is 5.32 Å². The highest BCUT2D eigenvalue weighted by atomic mass is 16.4. The highest BCUT2D eigenvalue weighted by Crippen LogP contribution is 2.29. The van der Waals surface area contributed by atoms with Gasteiger partial charge in [0.15, 0.2) is 0 Å². The molecule has 0 aliphatic heterocycles.